The van der Waals surface area contributed by atoms with E-state index in [9.17, 15) is 9.59 Å². The zero-order chi connectivity index (χ0) is 12.7. The molecule has 16 heavy (non-hydrogen) atoms. The molecule has 0 aromatic carbocycles. The van der Waals surface area contributed by atoms with Gasteiger partial charge in [0, 0.05) is 6.54 Å². The highest BCUT2D eigenvalue weighted by atomic mass is 16.2. The molecule has 0 fully saturated rings. The third-order valence-electron chi connectivity index (χ3n) is 2.66. The van der Waals surface area contributed by atoms with Crippen LogP contribution < -0.4 is 16.4 Å². The Bertz CT molecular complexity index is 243. The van der Waals surface area contributed by atoms with Crippen molar-refractivity contribution >= 4 is 11.8 Å². The van der Waals surface area contributed by atoms with Crippen molar-refractivity contribution in [2.75, 3.05) is 6.54 Å². The number of carbonyl (C=O) groups excluding carboxylic acids is 2. The third-order valence-corrected chi connectivity index (χ3v) is 2.66. The predicted octanol–water partition coefficient (Wildman–Crippen LogP) is 0.000600. The molecule has 0 rings (SSSR count). The average Bonchev–Trinajstić information content (AvgIpc) is 2.26. The van der Waals surface area contributed by atoms with Gasteiger partial charge in [0.25, 0.3) is 0 Å². The molecule has 4 N–H and O–H groups in total. The Balaban J connectivity index is 4.18. The number of nitrogens with two attached hydrogens (primary N) is 1. The van der Waals surface area contributed by atoms with E-state index in [2.05, 4.69) is 10.6 Å². The fraction of sp³-hybridized carbons (Fsp3) is 0.818. The lowest BCUT2D eigenvalue weighted by molar-refractivity contribution is -0.129. The van der Waals surface area contributed by atoms with Gasteiger partial charge in [0.1, 0.15) is 6.04 Å². The lowest BCUT2D eigenvalue weighted by atomic mass is 9.99. The van der Waals surface area contributed by atoms with E-state index in [1.165, 1.54) is 0 Å². The molecule has 0 aliphatic rings. The Morgan fingerprint density at radius 2 is 1.75 bits per heavy atom. The van der Waals surface area contributed by atoms with Crippen molar-refractivity contribution in [1.82, 2.24) is 10.6 Å². The Morgan fingerprint density at radius 3 is 2.19 bits per heavy atom. The molecule has 0 heterocycles. The van der Waals surface area contributed by atoms with Gasteiger partial charge in [0.05, 0.1) is 6.04 Å². The van der Waals surface area contributed by atoms with Gasteiger partial charge >= 0.3 is 0 Å². The van der Waals surface area contributed by atoms with Gasteiger partial charge in [-0.3, -0.25) is 9.59 Å². The van der Waals surface area contributed by atoms with Crippen molar-refractivity contribution in [3.8, 4) is 0 Å². The van der Waals surface area contributed by atoms with Gasteiger partial charge in [-0.1, -0.05) is 20.3 Å². The summed E-state index contributed by atoms with van der Waals surface area (Å²) in [6.07, 6.45) is 0.837. The minimum absolute atomic E-state index is 0.112. The van der Waals surface area contributed by atoms with Crippen molar-refractivity contribution in [2.24, 2.45) is 11.7 Å². The largest absolute Gasteiger partial charge is 0.355 e. The van der Waals surface area contributed by atoms with Gasteiger partial charge < -0.3 is 16.4 Å². The Hall–Kier alpha value is -1.10. The summed E-state index contributed by atoms with van der Waals surface area (Å²) in [6.45, 7) is 7.92. The van der Waals surface area contributed by atoms with Crippen LogP contribution in [0.25, 0.3) is 0 Å². The lowest BCUT2D eigenvalue weighted by Gasteiger charge is -2.20. The van der Waals surface area contributed by atoms with Crippen LogP contribution in [0.15, 0.2) is 0 Å². The van der Waals surface area contributed by atoms with E-state index in [-0.39, 0.29) is 17.7 Å². The molecule has 3 atom stereocenters. The molecule has 94 valence electrons. The molecule has 5 heteroatoms. The first-order valence-corrected chi connectivity index (χ1v) is 5.77. The fourth-order valence-corrected chi connectivity index (χ4v) is 1.21. The minimum Gasteiger partial charge on any atom is -0.355 e. The SMILES string of the molecule is CCNC(=O)C(C)NC(=O)[C@@H](N)[C@@H](C)CC. The molecule has 0 radical (unpaired) electrons. The van der Waals surface area contributed by atoms with Gasteiger partial charge in [0.15, 0.2) is 0 Å². The van der Waals surface area contributed by atoms with Crippen LogP contribution in [-0.4, -0.2) is 30.4 Å². The zero-order valence-electron chi connectivity index (χ0n) is 10.5. The van der Waals surface area contributed by atoms with Crippen LogP contribution in [-0.2, 0) is 9.59 Å². The van der Waals surface area contributed by atoms with E-state index in [1.807, 2.05) is 20.8 Å². The second kappa shape index (κ2) is 7.22. The number of hydrogen-bond acceptors (Lipinski definition) is 3. The molecular weight excluding hydrogens is 206 g/mol. The molecule has 5 nitrogen and oxygen atoms in total. The number of rotatable bonds is 6. The maximum Gasteiger partial charge on any atom is 0.242 e. The van der Waals surface area contributed by atoms with Crippen LogP contribution in [0.5, 0.6) is 0 Å². The quantitative estimate of drug-likeness (QED) is 0.599. The molecule has 0 bridgehead atoms. The molecule has 0 aromatic rings. The molecule has 2 amide bonds. The number of carbonyl (C=O) groups is 2. The van der Waals surface area contributed by atoms with Crippen molar-refractivity contribution < 1.29 is 9.59 Å². The summed E-state index contributed by atoms with van der Waals surface area (Å²) in [5.74, 6) is -0.346. The molecule has 0 spiro atoms. The van der Waals surface area contributed by atoms with E-state index in [0.717, 1.165) is 6.42 Å². The van der Waals surface area contributed by atoms with Crippen molar-refractivity contribution in [1.29, 1.82) is 0 Å². The van der Waals surface area contributed by atoms with Crippen molar-refractivity contribution in [3.05, 3.63) is 0 Å². The minimum atomic E-state index is -0.554. The van der Waals surface area contributed by atoms with Crippen LogP contribution >= 0.6 is 0 Å². The number of nitrogens with one attached hydrogen (secondary N) is 2. The summed E-state index contributed by atoms with van der Waals surface area (Å²) in [4.78, 5) is 23.0. The van der Waals surface area contributed by atoms with Gasteiger partial charge in [-0.2, -0.15) is 0 Å². The second-order valence-electron chi connectivity index (χ2n) is 4.04. The first-order valence-electron chi connectivity index (χ1n) is 5.77. The molecule has 0 saturated heterocycles. The maximum atomic E-state index is 11.6. The zero-order valence-corrected chi connectivity index (χ0v) is 10.5. The van der Waals surface area contributed by atoms with E-state index in [1.54, 1.807) is 6.92 Å². The van der Waals surface area contributed by atoms with E-state index >= 15 is 0 Å². The van der Waals surface area contributed by atoms with Gasteiger partial charge in [0.2, 0.25) is 11.8 Å². The monoisotopic (exact) mass is 229 g/mol. The van der Waals surface area contributed by atoms with E-state index in [4.69, 9.17) is 5.73 Å². The normalized spacial score (nSPS) is 16.1. The van der Waals surface area contributed by atoms with Gasteiger partial charge in [-0.15, -0.1) is 0 Å². The number of amides is 2. The highest BCUT2D eigenvalue weighted by Gasteiger charge is 2.22. The first-order chi connectivity index (χ1) is 7.43. The van der Waals surface area contributed by atoms with Crippen LogP contribution in [0.4, 0.5) is 0 Å². The highest BCUT2D eigenvalue weighted by Crippen LogP contribution is 2.05. The smallest absolute Gasteiger partial charge is 0.242 e. The van der Waals surface area contributed by atoms with Crippen LogP contribution in [0.2, 0.25) is 0 Å². The van der Waals surface area contributed by atoms with Crippen LogP contribution in [0, 0.1) is 5.92 Å². The summed E-state index contributed by atoms with van der Waals surface area (Å²) >= 11 is 0. The highest BCUT2D eigenvalue weighted by molar-refractivity contribution is 5.89. The van der Waals surface area contributed by atoms with E-state index in [0.29, 0.717) is 6.54 Å². The topological polar surface area (TPSA) is 84.2 Å². The molecule has 0 aliphatic carbocycles. The second-order valence-corrected chi connectivity index (χ2v) is 4.04. The summed E-state index contributed by atoms with van der Waals surface area (Å²) in [7, 11) is 0. The molecule has 0 saturated carbocycles. The number of likely N-dealkylation sites (N-methyl/N-ethyl adjacent to an activating group) is 1. The standard InChI is InChI=1S/C11H23N3O2/c1-5-7(3)9(12)11(16)14-8(4)10(15)13-6-2/h7-9H,5-6,12H2,1-4H3,(H,13,15)(H,14,16)/t7-,8?,9-/m0/s1. The summed E-state index contributed by atoms with van der Waals surface area (Å²) in [5, 5.41) is 5.24. The van der Waals surface area contributed by atoms with Crippen LogP contribution in [0.3, 0.4) is 0 Å². The Morgan fingerprint density at radius 1 is 1.19 bits per heavy atom. The summed E-state index contributed by atoms with van der Waals surface area (Å²) in [6, 6.07) is -1.09. The lowest BCUT2D eigenvalue weighted by Crippen LogP contribution is -2.52. The van der Waals surface area contributed by atoms with Crippen LogP contribution in [0.1, 0.15) is 34.1 Å². The molecular formula is C11H23N3O2. The molecule has 0 aliphatic heterocycles. The molecule has 0 aromatic heterocycles. The van der Waals surface area contributed by atoms with Crippen molar-refractivity contribution in [3.63, 3.8) is 0 Å². The molecule has 1 unspecified atom stereocenters. The predicted molar refractivity (Wildman–Crippen MR) is 63.7 cm³/mol. The summed E-state index contributed by atoms with van der Waals surface area (Å²) < 4.78 is 0. The van der Waals surface area contributed by atoms with Gasteiger partial charge in [-0.05, 0) is 19.8 Å². The van der Waals surface area contributed by atoms with E-state index < -0.39 is 12.1 Å². The third kappa shape index (κ3) is 4.61. The summed E-state index contributed by atoms with van der Waals surface area (Å²) in [5.41, 5.74) is 5.75. The number of hydrogen-bond donors (Lipinski definition) is 3. The van der Waals surface area contributed by atoms with Gasteiger partial charge in [-0.25, -0.2) is 0 Å². The maximum absolute atomic E-state index is 11.6. The Kier molecular flexibility index (Phi) is 6.72. The first kappa shape index (κ1) is 14.9. The fourth-order valence-electron chi connectivity index (χ4n) is 1.21. The average molecular weight is 229 g/mol. The Labute approximate surface area is 97.2 Å². The van der Waals surface area contributed by atoms with Crippen molar-refractivity contribution in [2.45, 2.75) is 46.2 Å².